The highest BCUT2D eigenvalue weighted by Gasteiger charge is 2.75. The number of nitrogens with zero attached hydrogens (tertiary/aromatic N) is 1. The molecule has 6 rings (SSSR count). The number of amides is 2. The smallest absolute Gasteiger partial charge is 0.425 e. The van der Waals surface area contributed by atoms with E-state index in [0.29, 0.717) is 17.9 Å². The fourth-order valence-corrected chi connectivity index (χ4v) is 9.00. The number of carbonyl (C=O) groups is 5. The van der Waals surface area contributed by atoms with E-state index >= 15 is 0 Å². The normalized spacial score (nSPS) is 42.8. The molecule has 5 fully saturated rings. The van der Waals surface area contributed by atoms with Crippen LogP contribution in [0.25, 0.3) is 0 Å². The number of allylic oxidation sites excluding steroid dienone is 4. The van der Waals surface area contributed by atoms with Crippen molar-refractivity contribution >= 4 is 29.5 Å². The van der Waals surface area contributed by atoms with Gasteiger partial charge in [-0.05, 0) is 56.1 Å². The molecule has 9 unspecified atom stereocenters. The Labute approximate surface area is 238 Å². The molecule has 2 heterocycles. The number of ether oxygens (including phenoxy) is 3. The van der Waals surface area contributed by atoms with Gasteiger partial charge in [0.25, 0.3) is 11.8 Å². The third-order valence-corrected chi connectivity index (χ3v) is 10.7. The topological polar surface area (TPSA) is 146 Å². The maximum absolute atomic E-state index is 14.1. The zero-order valence-electron chi connectivity index (χ0n) is 23.6. The molecule has 0 radical (unpaired) electrons. The fraction of sp³-hybridized carbons (Fsp3) is 0.700. The van der Waals surface area contributed by atoms with Crippen molar-refractivity contribution in [3.05, 3.63) is 23.8 Å². The summed E-state index contributed by atoms with van der Waals surface area (Å²) in [6.45, 7) is 5.35. The molecule has 0 aromatic heterocycles. The summed E-state index contributed by atoms with van der Waals surface area (Å²) >= 11 is 0. The first kappa shape index (κ1) is 28.2. The second-order valence-corrected chi connectivity index (χ2v) is 12.8. The monoisotopic (exact) mass is 571 g/mol. The van der Waals surface area contributed by atoms with Crippen LogP contribution in [0, 0.1) is 28.6 Å². The number of hydroxylamine groups is 2. The van der Waals surface area contributed by atoms with Gasteiger partial charge in [-0.3, -0.25) is 24.0 Å². The van der Waals surface area contributed by atoms with Crippen LogP contribution in [0.15, 0.2) is 23.8 Å². The van der Waals surface area contributed by atoms with Crippen LogP contribution in [0.3, 0.4) is 0 Å². The van der Waals surface area contributed by atoms with Crippen molar-refractivity contribution in [2.45, 2.75) is 96.2 Å². The van der Waals surface area contributed by atoms with Gasteiger partial charge >= 0.3 is 6.16 Å². The molecule has 1 N–H and O–H groups in total. The summed E-state index contributed by atoms with van der Waals surface area (Å²) in [6, 6.07) is 0. The molecule has 2 saturated heterocycles. The molecule has 0 aromatic carbocycles. The van der Waals surface area contributed by atoms with E-state index in [1.807, 2.05) is 19.9 Å². The Morgan fingerprint density at radius 1 is 1.15 bits per heavy atom. The van der Waals surface area contributed by atoms with Crippen LogP contribution >= 0.6 is 0 Å². The van der Waals surface area contributed by atoms with Crippen LogP contribution in [0.1, 0.15) is 72.1 Å². The first-order chi connectivity index (χ1) is 19.4. The van der Waals surface area contributed by atoms with Crippen molar-refractivity contribution in [2.75, 3.05) is 6.61 Å². The number of imide groups is 1. The van der Waals surface area contributed by atoms with Gasteiger partial charge in [0.05, 0.1) is 12.2 Å². The van der Waals surface area contributed by atoms with Gasteiger partial charge in [-0.1, -0.05) is 43.9 Å². The molecule has 0 aromatic rings. The van der Waals surface area contributed by atoms with Crippen LogP contribution < -0.4 is 0 Å². The molecule has 11 nitrogen and oxygen atoms in total. The Balaban J connectivity index is 1.27. The van der Waals surface area contributed by atoms with Crippen molar-refractivity contribution in [1.29, 1.82) is 0 Å². The lowest BCUT2D eigenvalue weighted by Gasteiger charge is -2.59. The van der Waals surface area contributed by atoms with Crippen molar-refractivity contribution in [2.24, 2.45) is 28.6 Å². The first-order valence-electron chi connectivity index (χ1n) is 14.6. The van der Waals surface area contributed by atoms with E-state index in [-0.39, 0.29) is 42.8 Å². The predicted octanol–water partition coefficient (Wildman–Crippen LogP) is 2.94. The van der Waals surface area contributed by atoms with Gasteiger partial charge in [-0.2, -0.15) is 0 Å². The lowest BCUT2D eigenvalue weighted by atomic mass is 9.46. The maximum atomic E-state index is 14.1. The summed E-state index contributed by atoms with van der Waals surface area (Å²) in [4.78, 5) is 67.0. The van der Waals surface area contributed by atoms with Gasteiger partial charge in [0, 0.05) is 29.6 Å². The molecule has 4 aliphatic carbocycles. The second-order valence-electron chi connectivity index (χ2n) is 12.8. The quantitative estimate of drug-likeness (QED) is 0.373. The molecule has 2 aliphatic heterocycles. The Bertz CT molecular complexity index is 1240. The van der Waals surface area contributed by atoms with Gasteiger partial charge < -0.3 is 19.3 Å². The average molecular weight is 572 g/mol. The van der Waals surface area contributed by atoms with E-state index in [2.05, 4.69) is 6.92 Å². The SMILES string of the molecule is CCCC1OC2CC3C4CCC5=CC(=O)C=CC5(C)C4C(O)CC3(C)C2(C(=O)COC(=O)ON2C(=O)CCC2=O)O1. The molecule has 6 aliphatic rings. The van der Waals surface area contributed by atoms with Crippen molar-refractivity contribution < 1.29 is 48.1 Å². The third kappa shape index (κ3) is 4.06. The molecule has 11 heteroatoms. The standard InChI is InChI=1S/C30H37NO10/c1-4-5-25-39-22-13-19-18-7-6-16-12-17(32)10-11-28(16,2)26(18)20(33)14-29(19,3)30(22,40-25)21(34)15-38-27(37)41-31-23(35)8-9-24(31)36/h10-12,18-20,22,25-26,33H,4-9,13-15H2,1-3H3. The number of fused-ring (bicyclic) bond motifs is 7. The van der Waals surface area contributed by atoms with Crippen LogP contribution in [-0.2, 0) is 38.2 Å². The summed E-state index contributed by atoms with van der Waals surface area (Å²) < 4.78 is 18.0. The van der Waals surface area contributed by atoms with Gasteiger partial charge in [-0.15, -0.1) is 0 Å². The molecular formula is C30H37NO10. The minimum atomic E-state index is -1.46. The lowest BCUT2D eigenvalue weighted by molar-refractivity contribution is -0.201. The highest BCUT2D eigenvalue weighted by molar-refractivity contribution is 6.02. The Morgan fingerprint density at radius 3 is 2.59 bits per heavy atom. The number of aliphatic hydroxyl groups is 1. The largest absolute Gasteiger partial charge is 0.534 e. The zero-order chi connectivity index (χ0) is 29.3. The van der Waals surface area contributed by atoms with Crippen molar-refractivity contribution in [3.8, 4) is 0 Å². The molecule has 222 valence electrons. The number of Topliss-reactive ketones (excluding diaryl/α,β-unsaturated/α-hetero) is 1. The maximum Gasteiger partial charge on any atom is 0.534 e. The Hall–Kier alpha value is -2.89. The Morgan fingerprint density at radius 2 is 1.88 bits per heavy atom. The number of aliphatic hydroxyl groups excluding tert-OH is 1. The number of hydrogen-bond donors (Lipinski definition) is 1. The number of rotatable bonds is 6. The number of hydrogen-bond acceptors (Lipinski definition) is 10. The van der Waals surface area contributed by atoms with E-state index in [1.165, 1.54) is 0 Å². The average Bonchev–Trinajstić information content (AvgIpc) is 3.52. The van der Waals surface area contributed by atoms with Gasteiger partial charge in [0.1, 0.15) is 0 Å². The summed E-state index contributed by atoms with van der Waals surface area (Å²) in [5.74, 6) is -1.95. The van der Waals surface area contributed by atoms with E-state index in [4.69, 9.17) is 19.0 Å². The van der Waals surface area contributed by atoms with Gasteiger partial charge in [0.15, 0.2) is 24.3 Å². The van der Waals surface area contributed by atoms with Crippen LogP contribution in [0.5, 0.6) is 0 Å². The molecular weight excluding hydrogens is 534 g/mol. The first-order valence-corrected chi connectivity index (χ1v) is 14.6. The summed E-state index contributed by atoms with van der Waals surface area (Å²) in [5, 5.41) is 12.1. The highest BCUT2D eigenvalue weighted by Crippen LogP contribution is 2.69. The molecule has 0 bridgehead atoms. The summed E-state index contributed by atoms with van der Waals surface area (Å²) in [7, 11) is 0. The zero-order valence-corrected chi connectivity index (χ0v) is 23.6. The minimum Gasteiger partial charge on any atom is -0.425 e. The number of ketones is 2. The van der Waals surface area contributed by atoms with Gasteiger partial charge in [-0.25, -0.2) is 4.79 Å². The summed E-state index contributed by atoms with van der Waals surface area (Å²) in [6.07, 6.45) is 5.44. The molecule has 2 amide bonds. The van der Waals surface area contributed by atoms with E-state index in [9.17, 15) is 29.1 Å². The minimum absolute atomic E-state index is 0.0244. The molecule has 9 atom stereocenters. The molecule has 3 saturated carbocycles. The molecule has 41 heavy (non-hydrogen) atoms. The van der Waals surface area contributed by atoms with E-state index in [0.717, 1.165) is 24.8 Å². The third-order valence-electron chi connectivity index (χ3n) is 10.7. The Kier molecular flexibility index (Phi) is 6.78. The van der Waals surface area contributed by atoms with Crippen LogP contribution in [0.4, 0.5) is 4.79 Å². The fourth-order valence-electron chi connectivity index (χ4n) is 9.00. The van der Waals surface area contributed by atoms with Crippen LogP contribution in [0.2, 0.25) is 0 Å². The van der Waals surface area contributed by atoms with Crippen molar-refractivity contribution in [3.63, 3.8) is 0 Å². The van der Waals surface area contributed by atoms with Gasteiger partial charge in [0.2, 0.25) is 5.78 Å². The molecule has 0 spiro atoms. The number of carbonyl (C=O) groups excluding carboxylic acids is 5. The van der Waals surface area contributed by atoms with Crippen LogP contribution in [-0.4, -0.2) is 70.4 Å². The highest BCUT2D eigenvalue weighted by atomic mass is 16.8. The van der Waals surface area contributed by atoms with E-state index in [1.54, 1.807) is 12.2 Å². The summed E-state index contributed by atoms with van der Waals surface area (Å²) in [5.41, 5.74) is -1.71. The second kappa shape index (κ2) is 9.84. The lowest BCUT2D eigenvalue weighted by Crippen LogP contribution is -2.63. The predicted molar refractivity (Wildman–Crippen MR) is 139 cm³/mol. The van der Waals surface area contributed by atoms with Crippen molar-refractivity contribution in [1.82, 2.24) is 5.06 Å². The van der Waals surface area contributed by atoms with E-state index < -0.39 is 65.3 Å².